The third-order valence-corrected chi connectivity index (χ3v) is 4.57. The average Bonchev–Trinajstić information content (AvgIpc) is 2.74. The first kappa shape index (κ1) is 21.0. The molecule has 2 amide bonds. The molecule has 10 heteroatoms. The zero-order valence-corrected chi connectivity index (χ0v) is 15.7. The van der Waals surface area contributed by atoms with E-state index in [4.69, 9.17) is 21.0 Å². The van der Waals surface area contributed by atoms with Crippen molar-refractivity contribution in [1.29, 1.82) is 5.41 Å². The van der Waals surface area contributed by atoms with Gasteiger partial charge in [0.15, 0.2) is 12.2 Å². The number of aliphatic hydroxyl groups excluding tert-OH is 1. The SMILES string of the molecule is N=C(N)c1ccc(NC(=O)C(O)[C@H]2OCCN(c3ccc(C(=O)O)cc3)C2=O)cc1. The first-order valence-corrected chi connectivity index (χ1v) is 8.97. The number of benzene rings is 2. The van der Waals surface area contributed by atoms with E-state index < -0.39 is 30.0 Å². The summed E-state index contributed by atoms with van der Waals surface area (Å²) in [4.78, 5) is 37.5. The molecule has 2 aromatic carbocycles. The number of rotatable bonds is 6. The summed E-state index contributed by atoms with van der Waals surface area (Å²) in [6.07, 6.45) is -3.17. The second-order valence-electron chi connectivity index (χ2n) is 6.56. The Bertz CT molecular complexity index is 974. The minimum Gasteiger partial charge on any atom is -0.478 e. The molecule has 0 aliphatic carbocycles. The predicted octanol–water partition coefficient (Wildman–Crippen LogP) is 0.400. The van der Waals surface area contributed by atoms with Crippen LogP contribution in [0.15, 0.2) is 48.5 Å². The number of nitrogens with one attached hydrogen (secondary N) is 2. The fourth-order valence-corrected chi connectivity index (χ4v) is 2.96. The van der Waals surface area contributed by atoms with Gasteiger partial charge in [-0.1, -0.05) is 0 Å². The average molecular weight is 412 g/mol. The Balaban J connectivity index is 1.69. The van der Waals surface area contributed by atoms with E-state index in [1.165, 1.54) is 53.4 Å². The highest BCUT2D eigenvalue weighted by Gasteiger charge is 2.39. The van der Waals surface area contributed by atoms with Gasteiger partial charge >= 0.3 is 5.97 Å². The monoisotopic (exact) mass is 412 g/mol. The number of carboxylic acids is 1. The van der Waals surface area contributed by atoms with Crippen molar-refractivity contribution in [1.82, 2.24) is 0 Å². The number of morpholine rings is 1. The number of aliphatic hydroxyl groups is 1. The third kappa shape index (κ3) is 4.45. The van der Waals surface area contributed by atoms with Gasteiger partial charge in [0.2, 0.25) is 0 Å². The maximum Gasteiger partial charge on any atom is 0.335 e. The molecular weight excluding hydrogens is 392 g/mol. The highest BCUT2D eigenvalue weighted by Crippen LogP contribution is 2.22. The Morgan fingerprint density at radius 1 is 1.13 bits per heavy atom. The number of carboxylic acid groups (broad SMARTS) is 1. The highest BCUT2D eigenvalue weighted by atomic mass is 16.5. The molecular formula is C20H20N4O6. The number of aromatic carboxylic acids is 1. The fraction of sp³-hybridized carbons (Fsp3) is 0.200. The van der Waals surface area contributed by atoms with E-state index in [9.17, 15) is 19.5 Å². The molecule has 0 radical (unpaired) electrons. The Morgan fingerprint density at radius 2 is 1.73 bits per heavy atom. The van der Waals surface area contributed by atoms with E-state index in [0.717, 1.165) is 0 Å². The van der Waals surface area contributed by atoms with Gasteiger partial charge in [0.1, 0.15) is 5.84 Å². The molecule has 0 aromatic heterocycles. The number of amidine groups is 1. The molecule has 10 nitrogen and oxygen atoms in total. The van der Waals surface area contributed by atoms with Crippen LogP contribution in [0.5, 0.6) is 0 Å². The Hall–Kier alpha value is -3.76. The van der Waals surface area contributed by atoms with Crippen molar-refractivity contribution in [3.8, 4) is 0 Å². The molecule has 2 aromatic rings. The van der Waals surface area contributed by atoms with Crippen LogP contribution in [0.4, 0.5) is 11.4 Å². The van der Waals surface area contributed by atoms with Crippen LogP contribution in [0, 0.1) is 5.41 Å². The minimum absolute atomic E-state index is 0.0752. The zero-order valence-electron chi connectivity index (χ0n) is 15.7. The Morgan fingerprint density at radius 3 is 2.30 bits per heavy atom. The zero-order chi connectivity index (χ0) is 21.8. The van der Waals surface area contributed by atoms with Gasteiger partial charge in [-0.2, -0.15) is 0 Å². The molecule has 1 saturated heterocycles. The summed E-state index contributed by atoms with van der Waals surface area (Å²) in [6.45, 7) is 0.289. The van der Waals surface area contributed by atoms with Gasteiger partial charge in [-0.3, -0.25) is 15.0 Å². The summed E-state index contributed by atoms with van der Waals surface area (Å²) < 4.78 is 5.33. The first-order chi connectivity index (χ1) is 14.3. The van der Waals surface area contributed by atoms with Crippen molar-refractivity contribution in [2.75, 3.05) is 23.4 Å². The lowest BCUT2D eigenvalue weighted by atomic mass is 10.1. The van der Waals surface area contributed by atoms with Gasteiger partial charge in [0.05, 0.1) is 12.2 Å². The number of ether oxygens (including phenoxy) is 1. The number of hydrogen-bond donors (Lipinski definition) is 5. The van der Waals surface area contributed by atoms with Crippen molar-refractivity contribution < 1.29 is 29.3 Å². The number of carbonyl (C=O) groups is 3. The maximum absolute atomic E-state index is 12.8. The molecule has 30 heavy (non-hydrogen) atoms. The molecule has 0 saturated carbocycles. The lowest BCUT2D eigenvalue weighted by Gasteiger charge is -2.34. The van der Waals surface area contributed by atoms with Crippen LogP contribution in [0.25, 0.3) is 0 Å². The largest absolute Gasteiger partial charge is 0.478 e. The van der Waals surface area contributed by atoms with Crippen LogP contribution in [0.1, 0.15) is 15.9 Å². The second kappa shape index (κ2) is 8.72. The lowest BCUT2D eigenvalue weighted by molar-refractivity contribution is -0.150. The van der Waals surface area contributed by atoms with E-state index in [-0.39, 0.29) is 24.6 Å². The van der Waals surface area contributed by atoms with Gasteiger partial charge < -0.3 is 30.9 Å². The molecule has 3 rings (SSSR count). The number of nitrogens with two attached hydrogens (primary N) is 1. The van der Waals surface area contributed by atoms with Gasteiger partial charge in [-0.05, 0) is 48.5 Å². The molecule has 1 aliphatic heterocycles. The van der Waals surface area contributed by atoms with Crippen LogP contribution in [0.2, 0.25) is 0 Å². The Labute approximate surface area is 171 Å². The van der Waals surface area contributed by atoms with Crippen LogP contribution in [-0.2, 0) is 14.3 Å². The highest BCUT2D eigenvalue weighted by molar-refractivity contribution is 6.04. The number of anilines is 2. The van der Waals surface area contributed by atoms with E-state index in [0.29, 0.717) is 16.9 Å². The number of nitrogen functional groups attached to an aromatic ring is 1. The summed E-state index contributed by atoms with van der Waals surface area (Å²) in [7, 11) is 0. The van der Waals surface area contributed by atoms with E-state index in [2.05, 4.69) is 5.32 Å². The van der Waals surface area contributed by atoms with Crippen molar-refractivity contribution in [3.63, 3.8) is 0 Å². The summed E-state index contributed by atoms with van der Waals surface area (Å²) >= 11 is 0. The maximum atomic E-state index is 12.8. The normalized spacial score (nSPS) is 17.3. The smallest absolute Gasteiger partial charge is 0.335 e. The third-order valence-electron chi connectivity index (χ3n) is 4.57. The lowest BCUT2D eigenvalue weighted by Crippen LogP contribution is -2.55. The molecule has 2 atom stereocenters. The van der Waals surface area contributed by atoms with Crippen molar-refractivity contribution in [2.24, 2.45) is 5.73 Å². The topological polar surface area (TPSA) is 166 Å². The van der Waals surface area contributed by atoms with Crippen molar-refractivity contribution >= 4 is 35.0 Å². The number of hydrogen-bond acceptors (Lipinski definition) is 6. The fourth-order valence-electron chi connectivity index (χ4n) is 2.96. The molecule has 1 fully saturated rings. The summed E-state index contributed by atoms with van der Waals surface area (Å²) in [5.74, 6) is -2.65. The molecule has 1 aliphatic rings. The predicted molar refractivity (Wildman–Crippen MR) is 108 cm³/mol. The van der Waals surface area contributed by atoms with Gasteiger partial charge in [-0.25, -0.2) is 4.79 Å². The summed E-state index contributed by atoms with van der Waals surface area (Å²) in [5.41, 5.74) is 6.72. The van der Waals surface area contributed by atoms with E-state index >= 15 is 0 Å². The standard InChI is InChI=1S/C20H20N4O6/c21-17(22)11-1-5-13(6-2-11)23-18(26)15(25)16-19(27)24(9-10-30-16)14-7-3-12(4-8-14)20(28)29/h1-8,15-16,25H,9-10H2,(H3,21,22)(H,23,26)(H,28,29)/t15?,16-/m1/s1. The van der Waals surface area contributed by atoms with Crippen LogP contribution < -0.4 is 16.0 Å². The van der Waals surface area contributed by atoms with Gasteiger partial charge in [-0.15, -0.1) is 0 Å². The van der Waals surface area contributed by atoms with Crippen LogP contribution in [0.3, 0.4) is 0 Å². The van der Waals surface area contributed by atoms with Crippen molar-refractivity contribution in [3.05, 3.63) is 59.7 Å². The summed E-state index contributed by atoms with van der Waals surface area (Å²) in [5, 5.41) is 29.2. The van der Waals surface area contributed by atoms with E-state index in [1.807, 2.05) is 0 Å². The first-order valence-electron chi connectivity index (χ1n) is 8.97. The quantitative estimate of drug-likeness (QED) is 0.338. The van der Waals surface area contributed by atoms with Crippen molar-refractivity contribution in [2.45, 2.75) is 12.2 Å². The molecule has 1 heterocycles. The van der Waals surface area contributed by atoms with Gasteiger partial charge in [0.25, 0.3) is 11.8 Å². The second-order valence-corrected chi connectivity index (χ2v) is 6.56. The molecule has 0 spiro atoms. The molecule has 0 bridgehead atoms. The molecule has 6 N–H and O–H groups in total. The minimum atomic E-state index is -1.76. The summed E-state index contributed by atoms with van der Waals surface area (Å²) in [6, 6.07) is 11.8. The number of amides is 2. The van der Waals surface area contributed by atoms with Crippen LogP contribution >= 0.6 is 0 Å². The number of carbonyl (C=O) groups excluding carboxylic acids is 2. The van der Waals surface area contributed by atoms with Gasteiger partial charge in [0, 0.05) is 23.5 Å². The molecule has 1 unspecified atom stereocenters. The molecule has 156 valence electrons. The number of nitrogens with zero attached hydrogens (tertiary/aromatic N) is 1. The van der Waals surface area contributed by atoms with E-state index in [1.54, 1.807) is 0 Å². The van der Waals surface area contributed by atoms with Crippen LogP contribution in [-0.4, -0.2) is 59.2 Å². The Kier molecular flexibility index (Phi) is 6.09.